The van der Waals surface area contributed by atoms with Crippen molar-refractivity contribution >= 4 is 6.03 Å². The van der Waals surface area contributed by atoms with E-state index in [2.05, 4.69) is 24.4 Å². The molecule has 2 atom stereocenters. The molecule has 0 radical (unpaired) electrons. The Morgan fingerprint density at radius 3 is 2.82 bits per heavy atom. The number of rotatable bonds is 6. The minimum Gasteiger partial charge on any atom is -0.396 e. The second-order valence-electron chi connectivity index (χ2n) is 6.06. The first kappa shape index (κ1) is 16.8. The zero-order chi connectivity index (χ0) is 15.8. The van der Waals surface area contributed by atoms with Gasteiger partial charge >= 0.3 is 6.03 Å². The Morgan fingerprint density at radius 1 is 1.36 bits per heavy atom. The summed E-state index contributed by atoms with van der Waals surface area (Å²) in [6.07, 6.45) is 5.12. The Bertz CT molecular complexity index is 450. The number of piperidine rings is 1. The molecule has 0 saturated carbocycles. The molecule has 2 amide bonds. The van der Waals surface area contributed by atoms with Crippen molar-refractivity contribution in [2.24, 2.45) is 0 Å². The molecule has 0 aromatic heterocycles. The van der Waals surface area contributed by atoms with Gasteiger partial charge < -0.3 is 15.3 Å². The van der Waals surface area contributed by atoms with Crippen LogP contribution in [0.2, 0.25) is 0 Å². The van der Waals surface area contributed by atoms with Gasteiger partial charge in [0.15, 0.2) is 0 Å². The average Bonchev–Trinajstić information content (AvgIpc) is 2.59. The molecule has 2 N–H and O–H groups in total. The number of hydrogen-bond acceptors (Lipinski definition) is 2. The van der Waals surface area contributed by atoms with Crippen LogP contribution in [0.4, 0.5) is 4.79 Å². The van der Waals surface area contributed by atoms with Gasteiger partial charge in [-0.25, -0.2) is 4.79 Å². The molecular weight excluding hydrogens is 276 g/mol. The zero-order valence-corrected chi connectivity index (χ0v) is 13.5. The largest absolute Gasteiger partial charge is 0.396 e. The molecule has 4 heteroatoms. The topological polar surface area (TPSA) is 52.6 Å². The van der Waals surface area contributed by atoms with Crippen molar-refractivity contribution in [1.29, 1.82) is 0 Å². The van der Waals surface area contributed by atoms with Gasteiger partial charge in [-0.3, -0.25) is 0 Å². The van der Waals surface area contributed by atoms with Crippen molar-refractivity contribution in [2.75, 3.05) is 19.7 Å². The minimum atomic E-state index is 0.0467. The summed E-state index contributed by atoms with van der Waals surface area (Å²) in [5.41, 5.74) is 1.17. The maximum atomic E-state index is 12.5. The molecule has 1 heterocycles. The molecule has 0 bridgehead atoms. The van der Waals surface area contributed by atoms with Crippen LogP contribution in [0.25, 0.3) is 0 Å². The Hall–Kier alpha value is -1.55. The van der Waals surface area contributed by atoms with Crippen molar-refractivity contribution in [2.45, 2.75) is 51.0 Å². The molecular formula is C18H28N2O2. The fourth-order valence-electron chi connectivity index (χ4n) is 3.27. The highest BCUT2D eigenvalue weighted by atomic mass is 16.3. The predicted octanol–water partition coefficient (Wildman–Crippen LogP) is 3.13. The van der Waals surface area contributed by atoms with Crippen LogP contribution < -0.4 is 5.32 Å². The standard InChI is InChI=1S/C18H28N2O2/c1-2-17-10-6-7-12-20(17)18(22)19-14-16(11-13-21)15-8-4-3-5-9-15/h3-5,8-9,16-17,21H,2,6-7,10-14H2,1H3,(H,19,22). The van der Waals surface area contributed by atoms with Crippen LogP contribution in [0.3, 0.4) is 0 Å². The fourth-order valence-corrected chi connectivity index (χ4v) is 3.27. The van der Waals surface area contributed by atoms with E-state index in [9.17, 15) is 9.90 Å². The Balaban J connectivity index is 1.92. The molecule has 22 heavy (non-hydrogen) atoms. The van der Waals surface area contributed by atoms with E-state index in [0.717, 1.165) is 25.8 Å². The van der Waals surface area contributed by atoms with Gasteiger partial charge in [-0.15, -0.1) is 0 Å². The molecule has 1 aliphatic rings. The molecule has 1 aromatic rings. The molecule has 1 aliphatic heterocycles. The highest BCUT2D eigenvalue weighted by Crippen LogP contribution is 2.21. The Kier molecular flexibility index (Phi) is 6.72. The van der Waals surface area contributed by atoms with Gasteiger partial charge in [0.25, 0.3) is 0 Å². The van der Waals surface area contributed by atoms with E-state index in [1.807, 2.05) is 23.1 Å². The smallest absolute Gasteiger partial charge is 0.317 e. The molecule has 2 rings (SSSR count). The number of aliphatic hydroxyl groups excluding tert-OH is 1. The summed E-state index contributed by atoms with van der Waals surface area (Å²) in [6.45, 7) is 3.72. The highest BCUT2D eigenvalue weighted by molar-refractivity contribution is 5.74. The molecule has 122 valence electrons. The zero-order valence-electron chi connectivity index (χ0n) is 13.5. The Labute approximate surface area is 133 Å². The quantitative estimate of drug-likeness (QED) is 0.848. The third kappa shape index (κ3) is 4.47. The lowest BCUT2D eigenvalue weighted by atomic mass is 9.96. The molecule has 4 nitrogen and oxygen atoms in total. The lowest BCUT2D eigenvalue weighted by molar-refractivity contribution is 0.148. The van der Waals surface area contributed by atoms with Crippen LogP contribution in [0.15, 0.2) is 30.3 Å². The van der Waals surface area contributed by atoms with Crippen molar-refractivity contribution < 1.29 is 9.90 Å². The van der Waals surface area contributed by atoms with Gasteiger partial charge in [-0.05, 0) is 37.7 Å². The van der Waals surface area contributed by atoms with Crippen molar-refractivity contribution in [1.82, 2.24) is 10.2 Å². The second kappa shape index (κ2) is 8.79. The summed E-state index contributed by atoms with van der Waals surface area (Å²) in [4.78, 5) is 14.5. The first-order valence-electron chi connectivity index (χ1n) is 8.46. The van der Waals surface area contributed by atoms with E-state index in [1.165, 1.54) is 12.0 Å². The third-order valence-electron chi connectivity index (χ3n) is 4.61. The van der Waals surface area contributed by atoms with Gasteiger partial charge in [0.2, 0.25) is 0 Å². The number of carbonyl (C=O) groups is 1. The fraction of sp³-hybridized carbons (Fsp3) is 0.611. The van der Waals surface area contributed by atoms with Gasteiger partial charge in [0, 0.05) is 31.7 Å². The average molecular weight is 304 g/mol. The van der Waals surface area contributed by atoms with Crippen molar-refractivity contribution in [3.63, 3.8) is 0 Å². The molecule has 0 aliphatic carbocycles. The molecule has 1 aromatic carbocycles. The number of likely N-dealkylation sites (tertiary alicyclic amines) is 1. The molecule has 1 saturated heterocycles. The summed E-state index contributed by atoms with van der Waals surface area (Å²) in [6, 6.07) is 10.5. The first-order valence-corrected chi connectivity index (χ1v) is 8.46. The minimum absolute atomic E-state index is 0.0467. The van der Waals surface area contributed by atoms with Crippen LogP contribution >= 0.6 is 0 Å². The van der Waals surface area contributed by atoms with Crippen LogP contribution in [-0.4, -0.2) is 41.8 Å². The van der Waals surface area contributed by atoms with E-state index in [-0.39, 0.29) is 18.6 Å². The van der Waals surface area contributed by atoms with Crippen molar-refractivity contribution in [3.05, 3.63) is 35.9 Å². The van der Waals surface area contributed by atoms with E-state index in [1.54, 1.807) is 0 Å². The molecule has 0 spiro atoms. The summed E-state index contributed by atoms with van der Waals surface area (Å²) >= 11 is 0. The summed E-state index contributed by atoms with van der Waals surface area (Å²) < 4.78 is 0. The van der Waals surface area contributed by atoms with Crippen LogP contribution in [0.1, 0.15) is 50.5 Å². The number of benzene rings is 1. The van der Waals surface area contributed by atoms with E-state index in [0.29, 0.717) is 19.0 Å². The van der Waals surface area contributed by atoms with Crippen LogP contribution in [0.5, 0.6) is 0 Å². The normalized spacial score (nSPS) is 19.7. The van der Waals surface area contributed by atoms with Gasteiger partial charge in [0.1, 0.15) is 0 Å². The number of nitrogens with one attached hydrogen (secondary N) is 1. The number of aliphatic hydroxyl groups is 1. The number of nitrogens with zero attached hydrogens (tertiary/aromatic N) is 1. The van der Waals surface area contributed by atoms with Crippen LogP contribution in [-0.2, 0) is 0 Å². The number of urea groups is 1. The first-order chi connectivity index (χ1) is 10.8. The summed E-state index contributed by atoms with van der Waals surface area (Å²) in [5.74, 6) is 0.167. The number of amides is 2. The second-order valence-corrected chi connectivity index (χ2v) is 6.06. The summed E-state index contributed by atoms with van der Waals surface area (Å²) in [7, 11) is 0. The lowest BCUT2D eigenvalue weighted by Gasteiger charge is -2.35. The van der Waals surface area contributed by atoms with Gasteiger partial charge in [0.05, 0.1) is 0 Å². The maximum Gasteiger partial charge on any atom is 0.317 e. The monoisotopic (exact) mass is 304 g/mol. The molecule has 1 fully saturated rings. The van der Waals surface area contributed by atoms with Gasteiger partial charge in [-0.1, -0.05) is 37.3 Å². The lowest BCUT2D eigenvalue weighted by Crippen LogP contribution is -2.49. The highest BCUT2D eigenvalue weighted by Gasteiger charge is 2.25. The van der Waals surface area contributed by atoms with E-state index < -0.39 is 0 Å². The van der Waals surface area contributed by atoms with E-state index >= 15 is 0 Å². The number of carbonyl (C=O) groups excluding carboxylic acids is 1. The Morgan fingerprint density at radius 2 is 2.14 bits per heavy atom. The molecule has 2 unspecified atom stereocenters. The SMILES string of the molecule is CCC1CCCCN1C(=O)NCC(CCO)c1ccccc1. The number of hydrogen-bond donors (Lipinski definition) is 2. The van der Waals surface area contributed by atoms with Crippen LogP contribution in [0, 0.1) is 0 Å². The summed E-state index contributed by atoms with van der Waals surface area (Å²) in [5, 5.41) is 12.3. The van der Waals surface area contributed by atoms with E-state index in [4.69, 9.17) is 0 Å². The van der Waals surface area contributed by atoms with Gasteiger partial charge in [-0.2, -0.15) is 0 Å². The van der Waals surface area contributed by atoms with Crippen molar-refractivity contribution in [3.8, 4) is 0 Å². The predicted molar refractivity (Wildman–Crippen MR) is 88.9 cm³/mol. The maximum absolute atomic E-state index is 12.5. The third-order valence-corrected chi connectivity index (χ3v) is 4.61.